The molecule has 0 aromatic carbocycles. The molecule has 0 radical (unpaired) electrons. The van der Waals surface area contributed by atoms with Crippen LogP contribution in [0.2, 0.25) is 0 Å². The summed E-state index contributed by atoms with van der Waals surface area (Å²) in [5.41, 5.74) is 3.08. The molecule has 0 spiro atoms. The first-order valence-electron chi connectivity index (χ1n) is 12.5. The van der Waals surface area contributed by atoms with Gasteiger partial charge in [-0.3, -0.25) is 0 Å². The summed E-state index contributed by atoms with van der Waals surface area (Å²) in [6.07, 6.45) is 15.1. The molecule has 0 bridgehead atoms. The van der Waals surface area contributed by atoms with Gasteiger partial charge in [-0.15, -0.1) is 0 Å². The summed E-state index contributed by atoms with van der Waals surface area (Å²) in [6, 6.07) is 0. The predicted molar refractivity (Wildman–Crippen MR) is 125 cm³/mol. The van der Waals surface area contributed by atoms with Crippen molar-refractivity contribution in [3.05, 3.63) is 35.5 Å². The van der Waals surface area contributed by atoms with Gasteiger partial charge in [0.2, 0.25) is 0 Å². The molecule has 0 amide bonds. The molecule has 9 atom stereocenters. The normalized spacial score (nSPS) is 45.4. The molecule has 0 unspecified atom stereocenters. The van der Waals surface area contributed by atoms with Crippen LogP contribution in [0.3, 0.4) is 0 Å². The first kappa shape index (κ1) is 22.3. The number of rotatable bonds is 4. The monoisotopic (exact) mass is 412 g/mol. The molecule has 4 rings (SSSR count). The van der Waals surface area contributed by atoms with Gasteiger partial charge in [0.05, 0.1) is 12.2 Å². The number of aliphatic hydroxyl groups excluding tert-OH is 2. The largest absolute Gasteiger partial charge is 0.393 e. The first-order chi connectivity index (χ1) is 14.1. The summed E-state index contributed by atoms with van der Waals surface area (Å²) in [6.45, 7) is 14.2. The molecule has 3 saturated carbocycles. The molecule has 0 aromatic rings. The summed E-state index contributed by atoms with van der Waals surface area (Å²) in [7, 11) is 0. The second-order valence-corrected chi connectivity index (χ2v) is 11.9. The lowest BCUT2D eigenvalue weighted by molar-refractivity contribution is -0.0537. The molecular weight excluding hydrogens is 368 g/mol. The zero-order chi connectivity index (χ0) is 21.8. The Labute approximate surface area is 184 Å². The van der Waals surface area contributed by atoms with E-state index in [1.54, 1.807) is 5.57 Å². The number of hydrogen-bond acceptors (Lipinski definition) is 2. The van der Waals surface area contributed by atoms with Crippen LogP contribution in [0, 0.1) is 46.3 Å². The number of aliphatic hydroxyl groups is 2. The minimum absolute atomic E-state index is 0.180. The maximum atomic E-state index is 11.0. The fourth-order valence-electron chi connectivity index (χ4n) is 7.66. The summed E-state index contributed by atoms with van der Waals surface area (Å²) in [5.74, 6) is 3.80. The number of fused-ring (bicyclic) bond motifs is 5. The topological polar surface area (TPSA) is 40.5 Å². The van der Waals surface area contributed by atoms with Crippen LogP contribution in [0.4, 0.5) is 0 Å². The van der Waals surface area contributed by atoms with Crippen molar-refractivity contribution in [2.45, 2.75) is 92.3 Å². The number of allylic oxidation sites excluding steroid dienone is 5. The Morgan fingerprint density at radius 1 is 0.967 bits per heavy atom. The molecule has 2 N–H and O–H groups in total. The lowest BCUT2D eigenvalue weighted by Gasteiger charge is -2.56. The van der Waals surface area contributed by atoms with Gasteiger partial charge < -0.3 is 10.2 Å². The van der Waals surface area contributed by atoms with E-state index in [0.717, 1.165) is 12.3 Å². The van der Waals surface area contributed by atoms with Crippen LogP contribution in [0.5, 0.6) is 0 Å². The van der Waals surface area contributed by atoms with Crippen molar-refractivity contribution in [2.75, 3.05) is 0 Å². The minimum atomic E-state index is -0.429. The van der Waals surface area contributed by atoms with Gasteiger partial charge in [0.1, 0.15) is 0 Å². The Morgan fingerprint density at radius 3 is 2.40 bits per heavy atom. The fourth-order valence-corrected chi connectivity index (χ4v) is 7.66. The van der Waals surface area contributed by atoms with Gasteiger partial charge in [-0.1, -0.05) is 77.0 Å². The van der Waals surface area contributed by atoms with Crippen LogP contribution in [-0.4, -0.2) is 22.4 Å². The van der Waals surface area contributed by atoms with E-state index in [-0.39, 0.29) is 11.5 Å². The third-order valence-electron chi connectivity index (χ3n) is 10.1. The lowest BCUT2D eigenvalue weighted by atomic mass is 9.49. The highest BCUT2D eigenvalue weighted by Gasteiger charge is 2.58. The predicted octanol–water partition coefficient (Wildman–Crippen LogP) is 6.30. The Morgan fingerprint density at radius 2 is 1.70 bits per heavy atom. The molecule has 0 heterocycles. The molecule has 4 aliphatic carbocycles. The molecule has 30 heavy (non-hydrogen) atoms. The Balaban J connectivity index is 1.59. The minimum Gasteiger partial charge on any atom is -0.393 e. The SMILES string of the molecule is CC(C)[C@@H](C)C=C[C@@H](C)[C@H]1CC[C@H]2C3=CC=C4C[C@@H](O)C[C@H](O)[C@@]4(C)[C@@H]3CC[C@]12C. The van der Waals surface area contributed by atoms with Crippen molar-refractivity contribution in [3.8, 4) is 0 Å². The van der Waals surface area contributed by atoms with E-state index in [0.29, 0.717) is 41.4 Å². The van der Waals surface area contributed by atoms with Crippen molar-refractivity contribution in [1.82, 2.24) is 0 Å². The summed E-state index contributed by atoms with van der Waals surface area (Å²) < 4.78 is 0. The average molecular weight is 413 g/mol. The molecule has 0 aromatic heterocycles. The van der Waals surface area contributed by atoms with Gasteiger partial charge in [0.25, 0.3) is 0 Å². The molecule has 168 valence electrons. The second-order valence-electron chi connectivity index (χ2n) is 11.9. The van der Waals surface area contributed by atoms with Gasteiger partial charge in [-0.25, -0.2) is 0 Å². The zero-order valence-corrected chi connectivity index (χ0v) is 20.1. The summed E-state index contributed by atoms with van der Waals surface area (Å²) >= 11 is 0. The van der Waals surface area contributed by atoms with Crippen molar-refractivity contribution in [3.63, 3.8) is 0 Å². The van der Waals surface area contributed by atoms with Crippen LogP contribution in [0.25, 0.3) is 0 Å². The van der Waals surface area contributed by atoms with Crippen molar-refractivity contribution in [2.24, 2.45) is 46.3 Å². The fraction of sp³-hybridized carbons (Fsp3) is 0.786. The van der Waals surface area contributed by atoms with Crippen molar-refractivity contribution >= 4 is 0 Å². The van der Waals surface area contributed by atoms with Crippen molar-refractivity contribution in [1.29, 1.82) is 0 Å². The van der Waals surface area contributed by atoms with E-state index in [1.165, 1.54) is 31.3 Å². The first-order valence-corrected chi connectivity index (χ1v) is 12.5. The molecule has 0 aliphatic heterocycles. The maximum Gasteiger partial charge on any atom is 0.0661 e. The van der Waals surface area contributed by atoms with Gasteiger partial charge in [-0.05, 0) is 73.0 Å². The van der Waals surface area contributed by atoms with Crippen LogP contribution >= 0.6 is 0 Å². The third kappa shape index (κ3) is 3.37. The number of hydrogen-bond donors (Lipinski definition) is 2. The lowest BCUT2D eigenvalue weighted by Crippen LogP contribution is -2.52. The zero-order valence-electron chi connectivity index (χ0n) is 20.1. The van der Waals surface area contributed by atoms with Gasteiger partial charge in [0.15, 0.2) is 0 Å². The quantitative estimate of drug-likeness (QED) is 0.532. The van der Waals surface area contributed by atoms with E-state index in [1.807, 2.05) is 0 Å². The van der Waals surface area contributed by atoms with E-state index >= 15 is 0 Å². The molecular formula is C28H44O2. The standard InChI is InChI=1S/C28H44O2/c1-17(2)18(3)7-8-19(4)23-11-12-24-22-10-9-20-15-21(29)16-26(30)28(20,6)25(22)13-14-27(23,24)5/h7-10,17-19,21,23-26,29-30H,11-16H2,1-6H3/t18-,19+,21+,23+,24-,25+,26-,27+,28+/m0/s1. The van der Waals surface area contributed by atoms with Gasteiger partial charge in [0, 0.05) is 11.8 Å². The highest BCUT2D eigenvalue weighted by atomic mass is 16.3. The van der Waals surface area contributed by atoms with Crippen LogP contribution in [0.1, 0.15) is 80.1 Å². The highest BCUT2D eigenvalue weighted by molar-refractivity contribution is 5.40. The molecule has 0 saturated heterocycles. The average Bonchev–Trinajstić information content (AvgIpc) is 3.04. The molecule has 2 heteroatoms. The van der Waals surface area contributed by atoms with E-state index in [4.69, 9.17) is 0 Å². The smallest absolute Gasteiger partial charge is 0.0661 e. The third-order valence-corrected chi connectivity index (χ3v) is 10.1. The summed E-state index contributed by atoms with van der Waals surface area (Å²) in [4.78, 5) is 0. The Bertz CT molecular complexity index is 746. The van der Waals surface area contributed by atoms with Crippen LogP contribution < -0.4 is 0 Å². The Hall–Kier alpha value is -0.860. The van der Waals surface area contributed by atoms with E-state index < -0.39 is 6.10 Å². The molecule has 3 fully saturated rings. The van der Waals surface area contributed by atoms with Crippen LogP contribution in [-0.2, 0) is 0 Å². The second kappa shape index (κ2) is 7.93. The van der Waals surface area contributed by atoms with Crippen molar-refractivity contribution < 1.29 is 10.2 Å². The highest BCUT2D eigenvalue weighted by Crippen LogP contribution is 2.66. The molecule has 2 nitrogen and oxygen atoms in total. The van der Waals surface area contributed by atoms with E-state index in [9.17, 15) is 10.2 Å². The Kier molecular flexibility index (Phi) is 5.90. The maximum absolute atomic E-state index is 11.0. The van der Waals surface area contributed by atoms with E-state index in [2.05, 4.69) is 65.8 Å². The van der Waals surface area contributed by atoms with Crippen LogP contribution in [0.15, 0.2) is 35.5 Å². The summed E-state index contributed by atoms with van der Waals surface area (Å²) in [5, 5.41) is 21.3. The molecule has 4 aliphatic rings. The van der Waals surface area contributed by atoms with Gasteiger partial charge in [-0.2, -0.15) is 0 Å². The van der Waals surface area contributed by atoms with Gasteiger partial charge >= 0.3 is 0 Å².